The van der Waals surface area contributed by atoms with E-state index < -0.39 is 11.7 Å². The van der Waals surface area contributed by atoms with Gasteiger partial charge < -0.3 is 4.74 Å². The highest BCUT2D eigenvalue weighted by molar-refractivity contribution is 5.18. The Morgan fingerprint density at radius 2 is 2.00 bits per heavy atom. The topological polar surface area (TPSA) is 9.23 Å². The molecule has 62 valence electrons. The summed E-state index contributed by atoms with van der Waals surface area (Å²) in [5, 5.41) is 0. The molecule has 0 spiro atoms. The molecule has 0 N–H and O–H groups in total. The van der Waals surface area contributed by atoms with Crippen LogP contribution < -0.4 is 0 Å². The van der Waals surface area contributed by atoms with Crippen molar-refractivity contribution in [3.63, 3.8) is 0 Å². The van der Waals surface area contributed by atoms with Gasteiger partial charge in [0.15, 0.2) is 0 Å². The third-order valence-electron chi connectivity index (χ3n) is 1.31. The molecule has 1 aliphatic heterocycles. The SMILES string of the molecule is CC1=COC=C(C(F)(F)F)C1. The highest BCUT2D eigenvalue weighted by Crippen LogP contribution is 2.32. The molecule has 0 aliphatic carbocycles. The Labute approximate surface area is 62.2 Å². The first-order chi connectivity index (χ1) is 5.00. The van der Waals surface area contributed by atoms with Crippen LogP contribution in [0, 0.1) is 0 Å². The van der Waals surface area contributed by atoms with Crippen molar-refractivity contribution in [1.82, 2.24) is 0 Å². The molecular weight excluding hydrogens is 157 g/mol. The average Bonchev–Trinajstić information content (AvgIpc) is 1.86. The van der Waals surface area contributed by atoms with Crippen molar-refractivity contribution in [3.05, 3.63) is 23.7 Å². The lowest BCUT2D eigenvalue weighted by Gasteiger charge is -2.14. The quantitative estimate of drug-likeness (QED) is 0.534. The van der Waals surface area contributed by atoms with E-state index in [4.69, 9.17) is 0 Å². The van der Waals surface area contributed by atoms with Gasteiger partial charge in [-0.15, -0.1) is 0 Å². The van der Waals surface area contributed by atoms with E-state index in [1.807, 2.05) is 0 Å². The minimum atomic E-state index is -4.25. The van der Waals surface area contributed by atoms with Crippen molar-refractivity contribution < 1.29 is 17.9 Å². The van der Waals surface area contributed by atoms with Crippen LogP contribution in [0.15, 0.2) is 23.7 Å². The maximum absolute atomic E-state index is 11.9. The van der Waals surface area contributed by atoms with Gasteiger partial charge in [-0.2, -0.15) is 13.2 Å². The molecule has 0 saturated heterocycles. The zero-order valence-corrected chi connectivity index (χ0v) is 5.90. The Morgan fingerprint density at radius 3 is 2.36 bits per heavy atom. The number of halogens is 3. The number of allylic oxidation sites excluding steroid dienone is 2. The predicted octanol–water partition coefficient (Wildman–Crippen LogP) is 2.76. The van der Waals surface area contributed by atoms with Crippen LogP contribution in [0.3, 0.4) is 0 Å². The van der Waals surface area contributed by atoms with Crippen molar-refractivity contribution in [2.45, 2.75) is 19.5 Å². The van der Waals surface area contributed by atoms with E-state index in [0.717, 1.165) is 6.26 Å². The van der Waals surface area contributed by atoms with E-state index in [1.54, 1.807) is 6.92 Å². The van der Waals surface area contributed by atoms with Gasteiger partial charge >= 0.3 is 6.18 Å². The Balaban J connectivity index is 2.70. The van der Waals surface area contributed by atoms with E-state index in [9.17, 15) is 13.2 Å². The summed E-state index contributed by atoms with van der Waals surface area (Å²) in [5.41, 5.74) is -0.0441. The van der Waals surface area contributed by atoms with Gasteiger partial charge in [0.25, 0.3) is 0 Å². The molecule has 4 heteroatoms. The minimum absolute atomic E-state index is 0.0660. The number of ether oxygens (including phenoxy) is 1. The number of hydrogen-bond acceptors (Lipinski definition) is 1. The van der Waals surface area contributed by atoms with Crippen LogP contribution in [-0.2, 0) is 4.74 Å². The standard InChI is InChI=1S/C7H7F3O/c1-5-2-6(4-11-3-5)7(8,9)10/h3-4H,2H2,1H3. The molecule has 0 fully saturated rings. The van der Waals surface area contributed by atoms with Crippen LogP contribution in [0.25, 0.3) is 0 Å². The smallest absolute Gasteiger partial charge is 0.415 e. The molecule has 0 aromatic carbocycles. The summed E-state index contributed by atoms with van der Waals surface area (Å²) in [6.07, 6.45) is -2.26. The first kappa shape index (κ1) is 8.17. The maximum atomic E-state index is 11.9. The van der Waals surface area contributed by atoms with Crippen molar-refractivity contribution >= 4 is 0 Å². The molecular formula is C7H7F3O. The lowest BCUT2D eigenvalue weighted by molar-refractivity contribution is -0.0955. The van der Waals surface area contributed by atoms with Crippen molar-refractivity contribution in [2.24, 2.45) is 0 Å². The molecule has 0 aromatic rings. The van der Waals surface area contributed by atoms with E-state index in [-0.39, 0.29) is 6.42 Å². The summed E-state index contributed by atoms with van der Waals surface area (Å²) in [5.74, 6) is 0. The van der Waals surface area contributed by atoms with E-state index in [1.165, 1.54) is 6.26 Å². The monoisotopic (exact) mass is 164 g/mol. The lowest BCUT2D eigenvalue weighted by atomic mass is 10.1. The molecule has 0 unspecified atom stereocenters. The molecule has 1 rings (SSSR count). The predicted molar refractivity (Wildman–Crippen MR) is 33.6 cm³/mol. The molecule has 0 saturated carbocycles. The van der Waals surface area contributed by atoms with Gasteiger partial charge in [-0.3, -0.25) is 0 Å². The molecule has 0 radical (unpaired) electrons. The summed E-state index contributed by atoms with van der Waals surface area (Å²) in [4.78, 5) is 0. The first-order valence-electron chi connectivity index (χ1n) is 3.07. The Morgan fingerprint density at radius 1 is 1.36 bits per heavy atom. The van der Waals surface area contributed by atoms with Crippen LogP contribution in [0.4, 0.5) is 13.2 Å². The highest BCUT2D eigenvalue weighted by atomic mass is 19.4. The number of rotatable bonds is 0. The fourth-order valence-electron chi connectivity index (χ4n) is 0.783. The molecule has 1 aliphatic rings. The lowest BCUT2D eigenvalue weighted by Crippen LogP contribution is -2.14. The molecule has 0 aromatic heterocycles. The minimum Gasteiger partial charge on any atom is -0.472 e. The molecule has 0 amide bonds. The van der Waals surface area contributed by atoms with Gasteiger partial charge in [0, 0.05) is 6.42 Å². The second-order valence-corrected chi connectivity index (χ2v) is 2.42. The fourth-order valence-corrected chi connectivity index (χ4v) is 0.783. The van der Waals surface area contributed by atoms with Gasteiger partial charge in [0.1, 0.15) is 0 Å². The third-order valence-corrected chi connectivity index (χ3v) is 1.31. The molecule has 0 atom stereocenters. The first-order valence-corrected chi connectivity index (χ1v) is 3.07. The fraction of sp³-hybridized carbons (Fsp3) is 0.429. The summed E-state index contributed by atoms with van der Waals surface area (Å²) >= 11 is 0. The zero-order chi connectivity index (χ0) is 8.48. The van der Waals surface area contributed by atoms with Gasteiger partial charge in [-0.1, -0.05) is 0 Å². The highest BCUT2D eigenvalue weighted by Gasteiger charge is 2.34. The Hall–Kier alpha value is -0.930. The Bertz CT molecular complexity index is 212. The van der Waals surface area contributed by atoms with Crippen LogP contribution in [0.1, 0.15) is 13.3 Å². The van der Waals surface area contributed by atoms with E-state index in [0.29, 0.717) is 5.57 Å². The normalized spacial score (nSPS) is 18.5. The number of alkyl halides is 3. The number of hydrogen-bond donors (Lipinski definition) is 0. The second-order valence-electron chi connectivity index (χ2n) is 2.42. The van der Waals surface area contributed by atoms with Gasteiger partial charge in [0.05, 0.1) is 18.1 Å². The largest absolute Gasteiger partial charge is 0.472 e. The van der Waals surface area contributed by atoms with Gasteiger partial charge in [0.2, 0.25) is 0 Å². The average molecular weight is 164 g/mol. The maximum Gasteiger partial charge on any atom is 0.415 e. The summed E-state index contributed by atoms with van der Waals surface area (Å²) < 4.78 is 40.3. The summed E-state index contributed by atoms with van der Waals surface area (Å²) in [6.45, 7) is 1.60. The zero-order valence-electron chi connectivity index (χ0n) is 5.90. The van der Waals surface area contributed by atoms with Crippen LogP contribution >= 0.6 is 0 Å². The van der Waals surface area contributed by atoms with Gasteiger partial charge in [-0.05, 0) is 12.5 Å². The second kappa shape index (κ2) is 2.60. The van der Waals surface area contributed by atoms with E-state index >= 15 is 0 Å². The van der Waals surface area contributed by atoms with Crippen LogP contribution in [0.5, 0.6) is 0 Å². The molecule has 1 heterocycles. The summed E-state index contributed by atoms with van der Waals surface area (Å²) in [6, 6.07) is 0. The molecule has 0 bridgehead atoms. The van der Waals surface area contributed by atoms with Crippen molar-refractivity contribution in [1.29, 1.82) is 0 Å². The van der Waals surface area contributed by atoms with Crippen molar-refractivity contribution in [3.8, 4) is 0 Å². The van der Waals surface area contributed by atoms with Crippen LogP contribution in [-0.4, -0.2) is 6.18 Å². The van der Waals surface area contributed by atoms with Crippen molar-refractivity contribution in [2.75, 3.05) is 0 Å². The summed E-state index contributed by atoms with van der Waals surface area (Å²) in [7, 11) is 0. The van der Waals surface area contributed by atoms with Crippen LogP contribution in [0.2, 0.25) is 0 Å². The Kier molecular flexibility index (Phi) is 1.93. The molecule has 11 heavy (non-hydrogen) atoms. The van der Waals surface area contributed by atoms with Gasteiger partial charge in [-0.25, -0.2) is 0 Å². The molecule has 1 nitrogen and oxygen atoms in total. The third kappa shape index (κ3) is 2.00. The van der Waals surface area contributed by atoms with E-state index in [2.05, 4.69) is 4.74 Å².